The van der Waals surface area contributed by atoms with E-state index in [1.165, 1.54) is 31.5 Å². The number of piperidine rings is 1. The summed E-state index contributed by atoms with van der Waals surface area (Å²) in [5.74, 6) is 0.781. The molecule has 0 atom stereocenters. The maximum atomic E-state index is 2.54. The van der Waals surface area contributed by atoms with E-state index in [4.69, 9.17) is 0 Å². The lowest BCUT2D eigenvalue weighted by Gasteiger charge is -2.31. The van der Waals surface area contributed by atoms with E-state index in [2.05, 4.69) is 54.3 Å². The fourth-order valence-corrected chi connectivity index (χ4v) is 2.43. The molecule has 0 spiro atoms. The molecule has 0 amide bonds. The maximum Gasteiger partial charge on any atom is 0.0163 e. The van der Waals surface area contributed by atoms with Crippen molar-refractivity contribution in [3.05, 3.63) is 48.0 Å². The average molecular weight is 215 g/mol. The van der Waals surface area contributed by atoms with Gasteiger partial charge in [-0.1, -0.05) is 42.5 Å². The van der Waals surface area contributed by atoms with Gasteiger partial charge in [-0.3, -0.25) is 4.90 Å². The Hall–Kier alpha value is -1.08. The third kappa shape index (κ3) is 2.96. The van der Waals surface area contributed by atoms with Crippen molar-refractivity contribution >= 4 is 0 Å². The fraction of sp³-hybridized carbons (Fsp3) is 0.467. The van der Waals surface area contributed by atoms with Crippen molar-refractivity contribution in [2.75, 3.05) is 19.6 Å². The molecular weight excluding hydrogens is 194 g/mol. The normalized spacial score (nSPS) is 19.3. The standard InChI is InChI=1S/C15H21N/c1-2-3-11-16-12-9-15(10-13-16)14-7-5-4-6-8-14/h2-8,15H,9-13H2,1H3/b3-2+. The van der Waals surface area contributed by atoms with Crippen LogP contribution in [0.4, 0.5) is 0 Å². The zero-order valence-electron chi connectivity index (χ0n) is 10.1. The van der Waals surface area contributed by atoms with Crippen molar-refractivity contribution in [2.24, 2.45) is 0 Å². The number of hydrogen-bond acceptors (Lipinski definition) is 1. The van der Waals surface area contributed by atoms with E-state index in [1.807, 2.05) is 0 Å². The third-order valence-electron chi connectivity index (χ3n) is 3.46. The molecule has 0 radical (unpaired) electrons. The van der Waals surface area contributed by atoms with Crippen LogP contribution in [0.15, 0.2) is 42.5 Å². The summed E-state index contributed by atoms with van der Waals surface area (Å²) in [6, 6.07) is 11.0. The number of likely N-dealkylation sites (tertiary alicyclic amines) is 1. The van der Waals surface area contributed by atoms with Gasteiger partial charge in [-0.2, -0.15) is 0 Å². The van der Waals surface area contributed by atoms with Gasteiger partial charge in [0.25, 0.3) is 0 Å². The molecule has 0 bridgehead atoms. The number of hydrogen-bond donors (Lipinski definition) is 0. The minimum absolute atomic E-state index is 0.781. The summed E-state index contributed by atoms with van der Waals surface area (Å²) in [6.45, 7) is 5.70. The van der Waals surface area contributed by atoms with Crippen LogP contribution in [-0.2, 0) is 0 Å². The van der Waals surface area contributed by atoms with Crippen LogP contribution in [0.3, 0.4) is 0 Å². The van der Waals surface area contributed by atoms with Gasteiger partial charge in [-0.05, 0) is 44.3 Å². The summed E-state index contributed by atoms with van der Waals surface area (Å²) < 4.78 is 0. The Morgan fingerprint density at radius 1 is 1.19 bits per heavy atom. The van der Waals surface area contributed by atoms with Gasteiger partial charge in [-0.15, -0.1) is 0 Å². The van der Waals surface area contributed by atoms with Gasteiger partial charge in [0.05, 0.1) is 0 Å². The quantitative estimate of drug-likeness (QED) is 0.698. The van der Waals surface area contributed by atoms with Crippen molar-refractivity contribution in [3.63, 3.8) is 0 Å². The second-order valence-corrected chi connectivity index (χ2v) is 4.55. The highest BCUT2D eigenvalue weighted by molar-refractivity contribution is 5.20. The van der Waals surface area contributed by atoms with Crippen molar-refractivity contribution in [2.45, 2.75) is 25.7 Å². The first-order valence-electron chi connectivity index (χ1n) is 6.28. The highest BCUT2D eigenvalue weighted by Gasteiger charge is 2.19. The Balaban J connectivity index is 1.86. The third-order valence-corrected chi connectivity index (χ3v) is 3.46. The monoisotopic (exact) mass is 215 g/mol. The molecule has 86 valence electrons. The molecule has 16 heavy (non-hydrogen) atoms. The molecule has 0 N–H and O–H groups in total. The summed E-state index contributed by atoms with van der Waals surface area (Å²) in [5.41, 5.74) is 1.52. The summed E-state index contributed by atoms with van der Waals surface area (Å²) in [7, 11) is 0. The molecule has 1 fully saturated rings. The van der Waals surface area contributed by atoms with Crippen LogP contribution in [0.2, 0.25) is 0 Å². The molecule has 1 aromatic rings. The molecular formula is C15H21N. The number of benzene rings is 1. The largest absolute Gasteiger partial charge is 0.300 e. The summed E-state index contributed by atoms with van der Waals surface area (Å²) >= 11 is 0. The lowest BCUT2D eigenvalue weighted by atomic mass is 9.89. The summed E-state index contributed by atoms with van der Waals surface area (Å²) in [5, 5.41) is 0. The van der Waals surface area contributed by atoms with Crippen molar-refractivity contribution in [1.82, 2.24) is 4.90 Å². The summed E-state index contributed by atoms with van der Waals surface area (Å²) in [4.78, 5) is 2.54. The van der Waals surface area contributed by atoms with Gasteiger partial charge in [0.1, 0.15) is 0 Å². The van der Waals surface area contributed by atoms with Gasteiger partial charge in [0, 0.05) is 6.54 Å². The molecule has 1 heterocycles. The molecule has 1 heteroatoms. The molecule has 1 nitrogen and oxygen atoms in total. The smallest absolute Gasteiger partial charge is 0.0163 e. The fourth-order valence-electron chi connectivity index (χ4n) is 2.43. The maximum absolute atomic E-state index is 2.54. The lowest BCUT2D eigenvalue weighted by Crippen LogP contribution is -2.32. The predicted octanol–water partition coefficient (Wildman–Crippen LogP) is 3.44. The van der Waals surface area contributed by atoms with E-state index in [9.17, 15) is 0 Å². The molecule has 0 aromatic heterocycles. The van der Waals surface area contributed by atoms with Crippen LogP contribution in [-0.4, -0.2) is 24.5 Å². The van der Waals surface area contributed by atoms with Crippen LogP contribution >= 0.6 is 0 Å². The number of allylic oxidation sites excluding steroid dienone is 1. The van der Waals surface area contributed by atoms with E-state index in [1.54, 1.807) is 0 Å². The van der Waals surface area contributed by atoms with Gasteiger partial charge in [0.2, 0.25) is 0 Å². The van der Waals surface area contributed by atoms with Gasteiger partial charge in [-0.25, -0.2) is 0 Å². The van der Waals surface area contributed by atoms with Crippen LogP contribution in [0.5, 0.6) is 0 Å². The first kappa shape index (κ1) is 11.4. The Labute approximate surface area is 98.8 Å². The molecule has 1 aliphatic heterocycles. The topological polar surface area (TPSA) is 3.24 Å². The number of rotatable bonds is 3. The SMILES string of the molecule is C/C=C/CN1CCC(c2ccccc2)CC1. The first-order valence-corrected chi connectivity index (χ1v) is 6.28. The van der Waals surface area contributed by atoms with Crippen LogP contribution in [0.1, 0.15) is 31.2 Å². The second kappa shape index (κ2) is 5.86. The van der Waals surface area contributed by atoms with Crippen molar-refractivity contribution < 1.29 is 0 Å². The molecule has 0 saturated carbocycles. The molecule has 1 aliphatic rings. The predicted molar refractivity (Wildman–Crippen MR) is 69.7 cm³/mol. The molecule has 1 aromatic carbocycles. The van der Waals surface area contributed by atoms with Crippen molar-refractivity contribution in [3.8, 4) is 0 Å². The summed E-state index contributed by atoms with van der Waals surface area (Å²) in [6.07, 6.45) is 7.01. The van der Waals surface area contributed by atoms with Gasteiger partial charge >= 0.3 is 0 Å². The molecule has 0 unspecified atom stereocenters. The zero-order valence-corrected chi connectivity index (χ0v) is 10.1. The lowest BCUT2D eigenvalue weighted by molar-refractivity contribution is 0.232. The van der Waals surface area contributed by atoms with Gasteiger partial charge < -0.3 is 0 Å². The van der Waals surface area contributed by atoms with E-state index in [0.29, 0.717) is 0 Å². The van der Waals surface area contributed by atoms with E-state index < -0.39 is 0 Å². The van der Waals surface area contributed by atoms with Crippen LogP contribution < -0.4 is 0 Å². The Morgan fingerprint density at radius 2 is 1.88 bits per heavy atom. The minimum Gasteiger partial charge on any atom is -0.300 e. The zero-order chi connectivity index (χ0) is 11.2. The highest BCUT2D eigenvalue weighted by Crippen LogP contribution is 2.27. The second-order valence-electron chi connectivity index (χ2n) is 4.55. The Morgan fingerprint density at radius 3 is 2.50 bits per heavy atom. The van der Waals surface area contributed by atoms with Gasteiger partial charge in [0.15, 0.2) is 0 Å². The van der Waals surface area contributed by atoms with Crippen LogP contribution in [0, 0.1) is 0 Å². The first-order chi connectivity index (χ1) is 7.90. The highest BCUT2D eigenvalue weighted by atomic mass is 15.1. The van der Waals surface area contributed by atoms with Crippen LogP contribution in [0.25, 0.3) is 0 Å². The molecule has 0 aliphatic carbocycles. The molecule has 2 rings (SSSR count). The van der Waals surface area contributed by atoms with E-state index >= 15 is 0 Å². The van der Waals surface area contributed by atoms with Crippen molar-refractivity contribution in [1.29, 1.82) is 0 Å². The Kier molecular flexibility index (Phi) is 4.17. The average Bonchev–Trinajstić information content (AvgIpc) is 2.38. The Bertz CT molecular complexity index is 321. The number of nitrogens with zero attached hydrogens (tertiary/aromatic N) is 1. The molecule has 1 saturated heterocycles. The van der Waals surface area contributed by atoms with E-state index in [0.717, 1.165) is 12.5 Å². The minimum atomic E-state index is 0.781. The van der Waals surface area contributed by atoms with E-state index in [-0.39, 0.29) is 0 Å².